The number of rotatable bonds is 2. The van der Waals surface area contributed by atoms with E-state index in [4.69, 9.17) is 10.00 Å². The average molecular weight is 247 g/mol. The molecule has 7 heteroatoms. The van der Waals surface area contributed by atoms with Gasteiger partial charge in [-0.3, -0.25) is 4.79 Å². The SMILES string of the molecule is CNC(=O)c1ccc(N2CCOC(C#N)C2)nn1. The fourth-order valence-electron chi connectivity index (χ4n) is 1.68. The molecule has 0 aromatic carbocycles. The molecule has 18 heavy (non-hydrogen) atoms. The van der Waals surface area contributed by atoms with E-state index in [2.05, 4.69) is 21.6 Å². The van der Waals surface area contributed by atoms with Crippen LogP contribution < -0.4 is 10.2 Å². The third kappa shape index (κ3) is 2.55. The van der Waals surface area contributed by atoms with Crippen molar-refractivity contribution >= 4 is 11.7 Å². The molecule has 1 aliphatic heterocycles. The molecule has 0 aliphatic carbocycles. The van der Waals surface area contributed by atoms with Crippen LogP contribution in [0.3, 0.4) is 0 Å². The third-order valence-corrected chi connectivity index (χ3v) is 2.64. The number of hydrogen-bond donors (Lipinski definition) is 1. The van der Waals surface area contributed by atoms with Crippen molar-refractivity contribution in [2.75, 3.05) is 31.6 Å². The molecular weight excluding hydrogens is 234 g/mol. The maximum Gasteiger partial charge on any atom is 0.271 e. The van der Waals surface area contributed by atoms with Crippen molar-refractivity contribution in [1.29, 1.82) is 5.26 Å². The Labute approximate surface area is 104 Å². The van der Waals surface area contributed by atoms with Crippen LogP contribution in [0, 0.1) is 11.3 Å². The Kier molecular flexibility index (Phi) is 3.69. The van der Waals surface area contributed by atoms with Crippen molar-refractivity contribution in [3.8, 4) is 6.07 Å². The molecule has 1 fully saturated rings. The van der Waals surface area contributed by atoms with Crippen molar-refractivity contribution in [3.63, 3.8) is 0 Å². The highest BCUT2D eigenvalue weighted by Gasteiger charge is 2.21. The van der Waals surface area contributed by atoms with E-state index in [0.29, 0.717) is 25.5 Å². The van der Waals surface area contributed by atoms with Gasteiger partial charge in [0.15, 0.2) is 17.6 Å². The summed E-state index contributed by atoms with van der Waals surface area (Å²) in [6.07, 6.45) is -0.445. The second-order valence-electron chi connectivity index (χ2n) is 3.79. The van der Waals surface area contributed by atoms with Gasteiger partial charge in [-0.1, -0.05) is 0 Å². The predicted octanol–water partition coefficient (Wildman–Crippen LogP) is -0.435. The number of aromatic nitrogens is 2. The smallest absolute Gasteiger partial charge is 0.271 e. The van der Waals surface area contributed by atoms with Gasteiger partial charge >= 0.3 is 0 Å². The lowest BCUT2D eigenvalue weighted by Gasteiger charge is -2.30. The Morgan fingerprint density at radius 3 is 3.06 bits per heavy atom. The summed E-state index contributed by atoms with van der Waals surface area (Å²) in [5, 5.41) is 19.1. The third-order valence-electron chi connectivity index (χ3n) is 2.64. The molecule has 1 saturated heterocycles. The molecule has 1 aromatic heterocycles. The van der Waals surface area contributed by atoms with Crippen LogP contribution in [0.2, 0.25) is 0 Å². The lowest BCUT2D eigenvalue weighted by Crippen LogP contribution is -2.42. The van der Waals surface area contributed by atoms with Crippen molar-refractivity contribution < 1.29 is 9.53 Å². The van der Waals surface area contributed by atoms with Crippen molar-refractivity contribution in [2.24, 2.45) is 0 Å². The molecule has 2 rings (SSSR count). The van der Waals surface area contributed by atoms with E-state index in [0.717, 1.165) is 0 Å². The normalized spacial score (nSPS) is 19.1. The average Bonchev–Trinajstić information content (AvgIpc) is 2.46. The molecular formula is C11H13N5O2. The van der Waals surface area contributed by atoms with Crippen molar-refractivity contribution in [3.05, 3.63) is 17.8 Å². The van der Waals surface area contributed by atoms with Crippen LogP contribution in [0.1, 0.15) is 10.5 Å². The molecule has 1 amide bonds. The van der Waals surface area contributed by atoms with Crippen LogP contribution in [-0.4, -0.2) is 49.0 Å². The molecule has 1 N–H and O–H groups in total. The summed E-state index contributed by atoms with van der Waals surface area (Å²) >= 11 is 0. The minimum atomic E-state index is -0.445. The molecule has 1 unspecified atom stereocenters. The van der Waals surface area contributed by atoms with Crippen LogP contribution >= 0.6 is 0 Å². The summed E-state index contributed by atoms with van der Waals surface area (Å²) in [7, 11) is 1.54. The Hall–Kier alpha value is -2.20. The number of carbonyl (C=O) groups is 1. The van der Waals surface area contributed by atoms with E-state index in [1.165, 1.54) is 7.05 Å². The zero-order chi connectivity index (χ0) is 13.0. The maximum absolute atomic E-state index is 11.3. The predicted molar refractivity (Wildman–Crippen MR) is 63.0 cm³/mol. The van der Waals surface area contributed by atoms with Gasteiger partial charge in [0.2, 0.25) is 0 Å². The Bertz CT molecular complexity index is 467. The molecule has 1 aromatic rings. The number of ether oxygens (including phenoxy) is 1. The van der Waals surface area contributed by atoms with Gasteiger partial charge in [-0.2, -0.15) is 5.26 Å². The van der Waals surface area contributed by atoms with E-state index in [1.807, 2.05) is 4.90 Å². The highest BCUT2D eigenvalue weighted by molar-refractivity contribution is 5.91. The van der Waals surface area contributed by atoms with Gasteiger partial charge in [0.1, 0.15) is 0 Å². The lowest BCUT2D eigenvalue weighted by atomic mass is 10.3. The summed E-state index contributed by atoms with van der Waals surface area (Å²) in [5.41, 5.74) is 0.270. The van der Waals surface area contributed by atoms with E-state index in [-0.39, 0.29) is 11.6 Å². The van der Waals surface area contributed by atoms with Gasteiger partial charge in [-0.25, -0.2) is 0 Å². The van der Waals surface area contributed by atoms with E-state index < -0.39 is 6.10 Å². The summed E-state index contributed by atoms with van der Waals surface area (Å²) in [6, 6.07) is 5.39. The van der Waals surface area contributed by atoms with Crippen LogP contribution in [0.5, 0.6) is 0 Å². The number of morpholine rings is 1. The number of carbonyl (C=O) groups excluding carboxylic acids is 1. The molecule has 94 valence electrons. The number of amides is 1. The van der Waals surface area contributed by atoms with Crippen molar-refractivity contribution in [2.45, 2.75) is 6.10 Å². The maximum atomic E-state index is 11.3. The first-order chi connectivity index (χ1) is 8.74. The van der Waals surface area contributed by atoms with Gasteiger partial charge in [0, 0.05) is 13.6 Å². The zero-order valence-corrected chi connectivity index (χ0v) is 9.96. The van der Waals surface area contributed by atoms with Crippen molar-refractivity contribution in [1.82, 2.24) is 15.5 Å². The fourth-order valence-corrected chi connectivity index (χ4v) is 1.68. The monoisotopic (exact) mass is 247 g/mol. The van der Waals surface area contributed by atoms with Gasteiger partial charge in [-0.15, -0.1) is 10.2 Å². The number of nitrogens with zero attached hydrogens (tertiary/aromatic N) is 4. The summed E-state index contributed by atoms with van der Waals surface area (Å²) < 4.78 is 5.24. The first-order valence-electron chi connectivity index (χ1n) is 5.56. The molecule has 0 spiro atoms. The van der Waals surface area contributed by atoms with Gasteiger partial charge < -0.3 is 15.0 Å². The molecule has 7 nitrogen and oxygen atoms in total. The molecule has 0 bridgehead atoms. The van der Waals surface area contributed by atoms with Gasteiger partial charge in [-0.05, 0) is 12.1 Å². The topological polar surface area (TPSA) is 91.1 Å². The lowest BCUT2D eigenvalue weighted by molar-refractivity contribution is 0.0760. The minimum Gasteiger partial charge on any atom is -0.360 e. The number of nitrogens with one attached hydrogen (secondary N) is 1. The first-order valence-corrected chi connectivity index (χ1v) is 5.56. The summed E-state index contributed by atoms with van der Waals surface area (Å²) in [5.74, 6) is 0.372. The molecule has 1 aliphatic rings. The largest absolute Gasteiger partial charge is 0.360 e. The zero-order valence-electron chi connectivity index (χ0n) is 9.96. The van der Waals surface area contributed by atoms with E-state index in [9.17, 15) is 4.79 Å². The van der Waals surface area contributed by atoms with Crippen LogP contribution in [0.25, 0.3) is 0 Å². The van der Waals surface area contributed by atoms with Crippen LogP contribution in [0.4, 0.5) is 5.82 Å². The van der Waals surface area contributed by atoms with Gasteiger partial charge in [0.25, 0.3) is 5.91 Å². The second kappa shape index (κ2) is 5.42. The summed E-state index contributed by atoms with van der Waals surface area (Å²) in [6.45, 7) is 1.60. The van der Waals surface area contributed by atoms with Gasteiger partial charge in [0.05, 0.1) is 19.2 Å². The minimum absolute atomic E-state index is 0.270. The highest BCUT2D eigenvalue weighted by Crippen LogP contribution is 2.14. The fraction of sp³-hybridized carbons (Fsp3) is 0.455. The Balaban J connectivity index is 2.10. The highest BCUT2D eigenvalue weighted by atomic mass is 16.5. The Morgan fingerprint density at radius 1 is 1.61 bits per heavy atom. The molecule has 0 radical (unpaired) electrons. The van der Waals surface area contributed by atoms with Crippen LogP contribution in [0.15, 0.2) is 12.1 Å². The Morgan fingerprint density at radius 2 is 2.44 bits per heavy atom. The number of anilines is 1. The molecule has 1 atom stereocenters. The quantitative estimate of drug-likeness (QED) is 0.762. The van der Waals surface area contributed by atoms with E-state index >= 15 is 0 Å². The molecule has 0 saturated carbocycles. The number of nitriles is 1. The standard InChI is InChI=1S/C11H13N5O2/c1-13-11(17)9-2-3-10(15-14-9)16-4-5-18-8(6-12)7-16/h2-3,8H,4-5,7H2,1H3,(H,13,17). The first kappa shape index (κ1) is 12.3. The second-order valence-corrected chi connectivity index (χ2v) is 3.79. The van der Waals surface area contributed by atoms with Crippen LogP contribution in [-0.2, 0) is 4.74 Å². The molecule has 2 heterocycles. The summed E-state index contributed by atoms with van der Waals surface area (Å²) in [4.78, 5) is 13.2. The van der Waals surface area contributed by atoms with E-state index in [1.54, 1.807) is 12.1 Å². The number of hydrogen-bond acceptors (Lipinski definition) is 6.